The Kier molecular flexibility index (Phi) is 5.42. The minimum absolute atomic E-state index is 0.853. The predicted octanol–water partition coefficient (Wildman–Crippen LogP) is 9.10. The van der Waals surface area contributed by atoms with Crippen molar-refractivity contribution in [2.24, 2.45) is 0 Å². The van der Waals surface area contributed by atoms with Crippen LogP contribution in [0.4, 0.5) is 0 Å². The van der Waals surface area contributed by atoms with E-state index >= 15 is 0 Å². The Morgan fingerprint density at radius 1 is 0.439 bits per heavy atom. The summed E-state index contributed by atoms with van der Waals surface area (Å²) in [6.07, 6.45) is 1.80. The number of hydrogen-bond donors (Lipinski definition) is 0. The van der Waals surface area contributed by atoms with Gasteiger partial charge < -0.3 is 0 Å². The number of pyridine rings is 3. The number of benzene rings is 4. The second kappa shape index (κ2) is 9.54. The molecule has 0 bridgehead atoms. The molecule has 4 aromatic heterocycles. The van der Waals surface area contributed by atoms with Crippen molar-refractivity contribution in [2.75, 3.05) is 0 Å². The van der Waals surface area contributed by atoms with Crippen molar-refractivity contribution in [1.82, 2.24) is 19.4 Å². The zero-order valence-corrected chi connectivity index (χ0v) is 22.1. The molecule has 8 aromatic rings. The van der Waals surface area contributed by atoms with E-state index in [4.69, 9.17) is 9.97 Å². The Morgan fingerprint density at radius 2 is 1.12 bits per heavy atom. The Labute approximate surface area is 237 Å². The highest BCUT2D eigenvalue weighted by molar-refractivity contribution is 6.13. The van der Waals surface area contributed by atoms with Crippen molar-refractivity contribution in [3.8, 4) is 45.2 Å². The molecule has 0 aliphatic carbocycles. The van der Waals surface area contributed by atoms with Gasteiger partial charge in [-0.15, -0.1) is 0 Å². The summed E-state index contributed by atoms with van der Waals surface area (Å²) >= 11 is 0. The molecule has 4 heteroatoms. The number of imidazole rings is 1. The molecule has 0 unspecified atom stereocenters. The Balaban J connectivity index is 1.47. The summed E-state index contributed by atoms with van der Waals surface area (Å²) in [5, 5.41) is 3.48. The van der Waals surface area contributed by atoms with Crippen LogP contribution in [0.15, 0.2) is 146 Å². The molecule has 0 fully saturated rings. The van der Waals surface area contributed by atoms with E-state index in [0.29, 0.717) is 0 Å². The lowest BCUT2D eigenvalue weighted by molar-refractivity contribution is 1.24. The van der Waals surface area contributed by atoms with Gasteiger partial charge in [-0.3, -0.25) is 9.38 Å². The van der Waals surface area contributed by atoms with Crippen LogP contribution in [0.25, 0.3) is 72.5 Å². The number of rotatable bonds is 4. The van der Waals surface area contributed by atoms with E-state index in [1.54, 1.807) is 6.20 Å². The van der Waals surface area contributed by atoms with E-state index in [9.17, 15) is 0 Å². The van der Waals surface area contributed by atoms with Crippen molar-refractivity contribution in [2.45, 2.75) is 0 Å². The average molecular weight is 525 g/mol. The second-order valence-corrected chi connectivity index (χ2v) is 10.1. The van der Waals surface area contributed by atoms with Gasteiger partial charge in [-0.2, -0.15) is 0 Å². The van der Waals surface area contributed by atoms with E-state index in [1.165, 1.54) is 10.8 Å². The van der Waals surface area contributed by atoms with Gasteiger partial charge >= 0.3 is 0 Å². The first kappa shape index (κ1) is 23.3. The maximum atomic E-state index is 5.33. The normalized spacial score (nSPS) is 11.4. The van der Waals surface area contributed by atoms with Crippen molar-refractivity contribution < 1.29 is 0 Å². The molecule has 4 nitrogen and oxygen atoms in total. The summed E-state index contributed by atoms with van der Waals surface area (Å²) in [7, 11) is 0. The van der Waals surface area contributed by atoms with Gasteiger partial charge in [-0.1, -0.05) is 109 Å². The molecule has 4 heterocycles. The summed E-state index contributed by atoms with van der Waals surface area (Å²) in [5.41, 5.74) is 9.95. The van der Waals surface area contributed by atoms with Gasteiger partial charge in [0.2, 0.25) is 0 Å². The number of nitrogens with zero attached hydrogens (tertiary/aromatic N) is 4. The summed E-state index contributed by atoms with van der Waals surface area (Å²) in [4.78, 5) is 14.9. The molecular formula is C37H24N4. The smallest absolute Gasteiger partial charge is 0.146 e. The van der Waals surface area contributed by atoms with Crippen LogP contribution in [0.3, 0.4) is 0 Å². The number of hydrogen-bond acceptors (Lipinski definition) is 3. The zero-order valence-electron chi connectivity index (χ0n) is 22.1. The Morgan fingerprint density at radius 3 is 1.90 bits per heavy atom. The fraction of sp³-hybridized carbons (Fsp3) is 0. The van der Waals surface area contributed by atoms with Gasteiger partial charge in [0.25, 0.3) is 0 Å². The summed E-state index contributed by atoms with van der Waals surface area (Å²) in [6.45, 7) is 0. The molecule has 0 spiro atoms. The summed E-state index contributed by atoms with van der Waals surface area (Å²) in [5.74, 6) is 0. The molecular weight excluding hydrogens is 500 g/mol. The first-order chi connectivity index (χ1) is 20.3. The van der Waals surface area contributed by atoms with E-state index in [1.807, 2.05) is 36.4 Å². The van der Waals surface area contributed by atoms with E-state index in [2.05, 4.69) is 113 Å². The Hall–Kier alpha value is -5.61. The highest BCUT2D eigenvalue weighted by Gasteiger charge is 2.21. The quantitative estimate of drug-likeness (QED) is 0.216. The van der Waals surface area contributed by atoms with Crippen LogP contribution < -0.4 is 0 Å². The van der Waals surface area contributed by atoms with Crippen molar-refractivity contribution >= 4 is 27.3 Å². The monoisotopic (exact) mass is 524 g/mol. The summed E-state index contributed by atoms with van der Waals surface area (Å²) < 4.78 is 2.33. The average Bonchev–Trinajstić information content (AvgIpc) is 3.47. The zero-order chi connectivity index (χ0) is 27.2. The summed E-state index contributed by atoms with van der Waals surface area (Å²) in [6, 6.07) is 48.2. The lowest BCUT2D eigenvalue weighted by Crippen LogP contribution is -1.96. The van der Waals surface area contributed by atoms with Gasteiger partial charge in [0, 0.05) is 33.7 Å². The lowest BCUT2D eigenvalue weighted by Gasteiger charge is -2.13. The third kappa shape index (κ3) is 3.88. The van der Waals surface area contributed by atoms with E-state index < -0.39 is 0 Å². The minimum atomic E-state index is 0.853. The first-order valence-electron chi connectivity index (χ1n) is 13.7. The molecule has 8 rings (SSSR count). The van der Waals surface area contributed by atoms with Crippen LogP contribution >= 0.6 is 0 Å². The molecule has 0 saturated heterocycles. The Bertz CT molecular complexity index is 2180. The van der Waals surface area contributed by atoms with Gasteiger partial charge in [0.05, 0.1) is 34.0 Å². The number of aromatic nitrogens is 4. The maximum Gasteiger partial charge on any atom is 0.146 e. The first-order valence-corrected chi connectivity index (χ1v) is 13.7. The molecule has 0 aliphatic heterocycles. The molecule has 192 valence electrons. The van der Waals surface area contributed by atoms with Crippen molar-refractivity contribution in [3.63, 3.8) is 0 Å². The van der Waals surface area contributed by atoms with Gasteiger partial charge in [0.15, 0.2) is 0 Å². The standard InChI is InChI=1S/C37H24N4/c1-3-12-25(13-4-1)35-36(26-14-5-2-6-15-26)41-34-24-27(31-19-11-20-33(39-31)32-18-9-10-23-38-32)21-22-29(34)28-16-7-8-17-30(28)37(41)40-35/h1-24H. The van der Waals surface area contributed by atoms with Gasteiger partial charge in [-0.05, 0) is 35.7 Å². The number of fused-ring (bicyclic) bond motifs is 6. The highest BCUT2D eigenvalue weighted by atomic mass is 15.0. The fourth-order valence-corrected chi connectivity index (χ4v) is 5.76. The largest absolute Gasteiger partial charge is 0.291 e. The molecule has 41 heavy (non-hydrogen) atoms. The van der Waals surface area contributed by atoms with Gasteiger partial charge in [-0.25, -0.2) is 9.97 Å². The van der Waals surface area contributed by atoms with Gasteiger partial charge in [0.1, 0.15) is 5.65 Å². The molecule has 4 aromatic carbocycles. The third-order valence-electron chi connectivity index (χ3n) is 7.64. The van der Waals surface area contributed by atoms with Crippen molar-refractivity contribution in [1.29, 1.82) is 0 Å². The highest BCUT2D eigenvalue weighted by Crippen LogP contribution is 2.39. The minimum Gasteiger partial charge on any atom is -0.291 e. The molecule has 0 radical (unpaired) electrons. The third-order valence-corrected chi connectivity index (χ3v) is 7.64. The molecule has 0 saturated carbocycles. The van der Waals surface area contributed by atoms with Crippen molar-refractivity contribution in [3.05, 3.63) is 146 Å². The second-order valence-electron chi connectivity index (χ2n) is 10.1. The van der Waals surface area contributed by atoms with Crippen LogP contribution in [0.2, 0.25) is 0 Å². The van der Waals surface area contributed by atoms with Crippen LogP contribution in [-0.4, -0.2) is 19.4 Å². The fourth-order valence-electron chi connectivity index (χ4n) is 5.76. The molecule has 0 N–H and O–H groups in total. The van der Waals surface area contributed by atoms with Crippen LogP contribution in [-0.2, 0) is 0 Å². The van der Waals surface area contributed by atoms with E-state index in [-0.39, 0.29) is 0 Å². The topological polar surface area (TPSA) is 43.1 Å². The molecule has 0 amide bonds. The predicted molar refractivity (Wildman–Crippen MR) is 168 cm³/mol. The van der Waals surface area contributed by atoms with Crippen LogP contribution in [0, 0.1) is 0 Å². The molecule has 0 aliphatic rings. The van der Waals surface area contributed by atoms with Crippen LogP contribution in [0.5, 0.6) is 0 Å². The van der Waals surface area contributed by atoms with E-state index in [0.717, 1.165) is 61.7 Å². The molecule has 0 atom stereocenters. The SMILES string of the molecule is c1ccc(-c2nc3c4ccccc4c4ccc(-c5cccc(-c6ccccn6)n5)cc4n3c2-c2ccccc2)cc1. The van der Waals surface area contributed by atoms with Crippen LogP contribution in [0.1, 0.15) is 0 Å². The maximum absolute atomic E-state index is 5.33. The lowest BCUT2D eigenvalue weighted by atomic mass is 10.0.